The summed E-state index contributed by atoms with van der Waals surface area (Å²) >= 11 is 6.38. The summed E-state index contributed by atoms with van der Waals surface area (Å²) in [6.07, 6.45) is 2.08. The number of barbiturate groups is 1. The highest BCUT2D eigenvalue weighted by atomic mass is 35.5. The maximum atomic E-state index is 13.6. The predicted molar refractivity (Wildman–Crippen MR) is 142 cm³/mol. The molecule has 1 heterocycles. The van der Waals surface area contributed by atoms with Crippen LogP contribution in [-0.4, -0.2) is 17.8 Å². The maximum Gasteiger partial charge on any atom is 0.343 e. The number of nitrogens with zero attached hydrogens (tertiary/aromatic N) is 2. The second kappa shape index (κ2) is 10.0. The van der Waals surface area contributed by atoms with Crippen LogP contribution in [0.3, 0.4) is 0 Å². The summed E-state index contributed by atoms with van der Waals surface area (Å²) in [5, 5.41) is 0.640. The number of halogens is 1. The van der Waals surface area contributed by atoms with E-state index in [1.807, 2.05) is 48.5 Å². The molecule has 0 bridgehead atoms. The fraction of sp³-hybridized carbons (Fsp3) is 0.0333. The van der Waals surface area contributed by atoms with Gasteiger partial charge in [-0.15, -0.1) is 0 Å². The molecule has 6 heteroatoms. The lowest BCUT2D eigenvalue weighted by atomic mass is 9.97. The predicted octanol–water partition coefficient (Wildman–Crippen LogP) is 6.51. The Labute approximate surface area is 213 Å². The summed E-state index contributed by atoms with van der Waals surface area (Å²) < 4.78 is 0. The van der Waals surface area contributed by atoms with Gasteiger partial charge in [-0.2, -0.15) is 0 Å². The average Bonchev–Trinajstić information content (AvgIpc) is 2.90. The molecule has 0 N–H and O–H groups in total. The molecule has 4 amide bonds. The van der Waals surface area contributed by atoms with E-state index in [0.29, 0.717) is 28.4 Å². The zero-order valence-corrected chi connectivity index (χ0v) is 19.9. The van der Waals surface area contributed by atoms with Crippen molar-refractivity contribution in [1.82, 2.24) is 0 Å². The first-order valence-corrected chi connectivity index (χ1v) is 11.8. The Bertz CT molecular complexity index is 1420. The van der Waals surface area contributed by atoms with Gasteiger partial charge in [0.2, 0.25) is 0 Å². The second-order valence-electron chi connectivity index (χ2n) is 8.26. The number of anilines is 2. The van der Waals surface area contributed by atoms with Crippen LogP contribution in [0.2, 0.25) is 5.02 Å². The average molecular weight is 493 g/mol. The summed E-state index contributed by atoms with van der Waals surface area (Å²) in [7, 11) is 0. The molecule has 0 aliphatic carbocycles. The summed E-state index contributed by atoms with van der Waals surface area (Å²) in [4.78, 5) is 42.8. The van der Waals surface area contributed by atoms with Gasteiger partial charge in [0.15, 0.2) is 0 Å². The molecule has 0 aromatic heterocycles. The minimum absolute atomic E-state index is 0.103. The third kappa shape index (κ3) is 4.44. The SMILES string of the molecule is O=C1C(=Cc2ccccc2Cc2ccccc2Cl)C(=O)N(c2ccccc2)C(=O)N1c1ccccc1. The van der Waals surface area contributed by atoms with Gasteiger partial charge in [0, 0.05) is 5.02 Å². The Morgan fingerprint density at radius 1 is 0.583 bits per heavy atom. The van der Waals surface area contributed by atoms with E-state index in [4.69, 9.17) is 11.6 Å². The lowest BCUT2D eigenvalue weighted by molar-refractivity contribution is -0.121. The second-order valence-corrected chi connectivity index (χ2v) is 8.67. The lowest BCUT2D eigenvalue weighted by Crippen LogP contribution is -2.57. The number of carbonyl (C=O) groups is 3. The van der Waals surface area contributed by atoms with Crippen LogP contribution in [0.15, 0.2) is 115 Å². The summed E-state index contributed by atoms with van der Waals surface area (Å²) in [6.45, 7) is 0. The van der Waals surface area contributed by atoms with Crippen molar-refractivity contribution in [3.8, 4) is 0 Å². The number of para-hydroxylation sites is 2. The standard InChI is InChI=1S/C30H21ClN2O3/c31-27-18-10-9-13-23(27)19-21-11-7-8-12-22(21)20-26-28(34)32(24-14-3-1-4-15-24)30(36)33(29(26)35)25-16-5-2-6-17-25/h1-18,20H,19H2. The van der Waals surface area contributed by atoms with Crippen LogP contribution < -0.4 is 9.80 Å². The Kier molecular flexibility index (Phi) is 6.48. The molecule has 5 rings (SSSR count). The number of amides is 4. The smallest absolute Gasteiger partial charge is 0.268 e. The number of rotatable bonds is 5. The van der Waals surface area contributed by atoms with Crippen LogP contribution in [0.5, 0.6) is 0 Å². The molecule has 1 saturated heterocycles. The van der Waals surface area contributed by atoms with E-state index in [1.165, 1.54) is 0 Å². The topological polar surface area (TPSA) is 57.7 Å². The Morgan fingerprint density at radius 2 is 1.06 bits per heavy atom. The van der Waals surface area contributed by atoms with Crippen molar-refractivity contribution in [2.24, 2.45) is 0 Å². The largest absolute Gasteiger partial charge is 0.343 e. The van der Waals surface area contributed by atoms with Gasteiger partial charge in [-0.05, 0) is 59.5 Å². The van der Waals surface area contributed by atoms with Gasteiger partial charge >= 0.3 is 6.03 Å². The van der Waals surface area contributed by atoms with Crippen molar-refractivity contribution < 1.29 is 14.4 Å². The molecular weight excluding hydrogens is 472 g/mol. The molecule has 4 aromatic carbocycles. The molecule has 0 unspecified atom stereocenters. The molecule has 0 saturated carbocycles. The molecule has 176 valence electrons. The molecule has 1 fully saturated rings. The minimum atomic E-state index is -0.719. The first-order valence-electron chi connectivity index (χ1n) is 11.4. The van der Waals surface area contributed by atoms with Gasteiger partial charge in [0.25, 0.3) is 11.8 Å². The molecule has 1 aliphatic heterocycles. The number of benzene rings is 4. The van der Waals surface area contributed by atoms with Gasteiger partial charge in [0.1, 0.15) is 5.57 Å². The lowest BCUT2D eigenvalue weighted by Gasteiger charge is -2.34. The van der Waals surface area contributed by atoms with Gasteiger partial charge in [-0.25, -0.2) is 14.6 Å². The molecule has 1 aliphatic rings. The van der Waals surface area contributed by atoms with Crippen molar-refractivity contribution in [3.63, 3.8) is 0 Å². The fourth-order valence-corrected chi connectivity index (χ4v) is 4.38. The van der Waals surface area contributed by atoms with Gasteiger partial charge in [-0.1, -0.05) is 90.5 Å². The van der Waals surface area contributed by atoms with Crippen molar-refractivity contribution in [3.05, 3.63) is 136 Å². The van der Waals surface area contributed by atoms with E-state index >= 15 is 0 Å². The number of imide groups is 2. The maximum absolute atomic E-state index is 13.6. The first kappa shape index (κ1) is 23.3. The Balaban J connectivity index is 1.62. The van der Waals surface area contributed by atoms with E-state index in [1.54, 1.807) is 66.7 Å². The zero-order chi connectivity index (χ0) is 25.1. The van der Waals surface area contributed by atoms with Crippen LogP contribution in [0.4, 0.5) is 16.2 Å². The number of urea groups is 1. The van der Waals surface area contributed by atoms with Gasteiger partial charge < -0.3 is 0 Å². The summed E-state index contributed by atoms with van der Waals surface area (Å²) in [5.74, 6) is -1.34. The van der Waals surface area contributed by atoms with Crippen LogP contribution in [0, 0.1) is 0 Å². The van der Waals surface area contributed by atoms with Crippen LogP contribution >= 0.6 is 11.6 Å². The fourth-order valence-electron chi connectivity index (χ4n) is 4.18. The van der Waals surface area contributed by atoms with E-state index in [2.05, 4.69) is 0 Å². The minimum Gasteiger partial charge on any atom is -0.268 e. The quantitative estimate of drug-likeness (QED) is 0.235. The van der Waals surface area contributed by atoms with E-state index in [0.717, 1.165) is 20.9 Å². The molecule has 5 nitrogen and oxygen atoms in total. The van der Waals surface area contributed by atoms with Crippen LogP contribution in [-0.2, 0) is 16.0 Å². The molecular formula is C30H21ClN2O3. The van der Waals surface area contributed by atoms with Crippen molar-refractivity contribution in [2.75, 3.05) is 9.80 Å². The molecule has 4 aromatic rings. The summed E-state index contributed by atoms with van der Waals surface area (Å²) in [5.41, 5.74) is 3.19. The van der Waals surface area contributed by atoms with Gasteiger partial charge in [0.05, 0.1) is 11.4 Å². The van der Waals surface area contributed by atoms with Crippen LogP contribution in [0.1, 0.15) is 16.7 Å². The van der Waals surface area contributed by atoms with Crippen molar-refractivity contribution in [1.29, 1.82) is 0 Å². The van der Waals surface area contributed by atoms with Gasteiger partial charge in [-0.3, -0.25) is 9.59 Å². The monoisotopic (exact) mass is 492 g/mol. The number of carbonyl (C=O) groups excluding carboxylic acids is 3. The molecule has 0 spiro atoms. The van der Waals surface area contributed by atoms with E-state index in [-0.39, 0.29) is 5.57 Å². The molecule has 0 radical (unpaired) electrons. The summed E-state index contributed by atoms with van der Waals surface area (Å²) in [6, 6.07) is 31.5. The van der Waals surface area contributed by atoms with Crippen molar-refractivity contribution in [2.45, 2.75) is 6.42 Å². The molecule has 36 heavy (non-hydrogen) atoms. The van der Waals surface area contributed by atoms with Crippen LogP contribution in [0.25, 0.3) is 6.08 Å². The van der Waals surface area contributed by atoms with E-state index in [9.17, 15) is 14.4 Å². The number of hydrogen-bond acceptors (Lipinski definition) is 3. The first-order chi connectivity index (χ1) is 17.5. The molecule has 0 atom stereocenters. The third-order valence-corrected chi connectivity index (χ3v) is 6.34. The van der Waals surface area contributed by atoms with E-state index < -0.39 is 17.8 Å². The normalized spacial score (nSPS) is 13.8. The Morgan fingerprint density at radius 3 is 1.61 bits per heavy atom. The highest BCUT2D eigenvalue weighted by molar-refractivity contribution is 6.46. The highest BCUT2D eigenvalue weighted by Gasteiger charge is 2.43. The third-order valence-electron chi connectivity index (χ3n) is 5.97. The number of hydrogen-bond donors (Lipinski definition) is 0. The Hall–Kier alpha value is -4.48. The highest BCUT2D eigenvalue weighted by Crippen LogP contribution is 2.30. The zero-order valence-electron chi connectivity index (χ0n) is 19.2. The van der Waals surface area contributed by atoms with Crippen molar-refractivity contribution >= 4 is 46.9 Å².